The minimum absolute atomic E-state index is 0.141. The molecule has 0 aliphatic rings. The summed E-state index contributed by atoms with van der Waals surface area (Å²) in [6.07, 6.45) is 1.57. The zero-order valence-electron chi connectivity index (χ0n) is 8.15. The quantitative estimate of drug-likeness (QED) is 0.597. The molecule has 1 N–H and O–H groups in total. The number of carboxylic acids is 1. The van der Waals surface area contributed by atoms with Crippen LogP contribution in [0.1, 0.15) is 17.4 Å². The van der Waals surface area contributed by atoms with Gasteiger partial charge in [-0.15, -0.1) is 11.8 Å². The van der Waals surface area contributed by atoms with Crippen LogP contribution >= 0.6 is 11.8 Å². The van der Waals surface area contributed by atoms with Gasteiger partial charge in [0.05, 0.1) is 0 Å². The van der Waals surface area contributed by atoms with Crippen LogP contribution in [0.4, 0.5) is 0 Å². The Balaban J connectivity index is 3.10. The van der Waals surface area contributed by atoms with Crippen LogP contribution in [0.5, 0.6) is 0 Å². The fraction of sp³-hybridized carbons (Fsp3) is 0.333. The van der Waals surface area contributed by atoms with E-state index in [1.807, 2.05) is 27.1 Å². The highest BCUT2D eigenvalue weighted by atomic mass is 32.2. The molecule has 3 nitrogen and oxygen atoms in total. The normalized spacial score (nSPS) is 9.86. The van der Waals surface area contributed by atoms with Gasteiger partial charge in [-0.25, -0.2) is 9.78 Å². The maximum Gasteiger partial charge on any atom is 0.355 e. The van der Waals surface area contributed by atoms with Gasteiger partial charge in [0, 0.05) is 11.1 Å². The molecule has 0 saturated carbocycles. The van der Waals surface area contributed by atoms with Crippen LogP contribution in [-0.2, 0) is 0 Å². The summed E-state index contributed by atoms with van der Waals surface area (Å²) in [6, 6.07) is 1.85. The highest BCUT2D eigenvalue weighted by Crippen LogP contribution is 2.19. The Morgan fingerprint density at radius 2 is 2.43 bits per heavy atom. The molecule has 1 aromatic heterocycles. The SMILES string of the molecule is C[B]c1cnc(C(=O)O)c(SCC)c1. The number of aromatic carboxylic acids is 1. The second-order valence-electron chi connectivity index (χ2n) is 2.64. The van der Waals surface area contributed by atoms with E-state index in [2.05, 4.69) is 4.98 Å². The van der Waals surface area contributed by atoms with Crippen molar-refractivity contribution in [2.24, 2.45) is 0 Å². The van der Waals surface area contributed by atoms with E-state index in [4.69, 9.17) is 5.11 Å². The van der Waals surface area contributed by atoms with Crippen LogP contribution in [0.15, 0.2) is 17.2 Å². The van der Waals surface area contributed by atoms with E-state index in [1.165, 1.54) is 11.8 Å². The lowest BCUT2D eigenvalue weighted by Crippen LogP contribution is -2.15. The van der Waals surface area contributed by atoms with Crippen LogP contribution in [0.25, 0.3) is 0 Å². The Morgan fingerprint density at radius 1 is 1.71 bits per heavy atom. The first kappa shape index (κ1) is 11.1. The second kappa shape index (κ2) is 5.05. The number of rotatable bonds is 4. The summed E-state index contributed by atoms with van der Waals surface area (Å²) in [5, 5.41) is 8.87. The molecule has 73 valence electrons. The molecule has 0 spiro atoms. The molecule has 1 heterocycles. The van der Waals surface area contributed by atoms with Gasteiger partial charge in [-0.3, -0.25) is 0 Å². The highest BCUT2D eigenvalue weighted by Gasteiger charge is 2.11. The molecule has 1 aromatic rings. The number of hydrogen-bond donors (Lipinski definition) is 1. The second-order valence-corrected chi connectivity index (χ2v) is 3.95. The first-order chi connectivity index (χ1) is 6.69. The van der Waals surface area contributed by atoms with Gasteiger partial charge in [0.2, 0.25) is 0 Å². The van der Waals surface area contributed by atoms with Crippen LogP contribution in [0.3, 0.4) is 0 Å². The Kier molecular flexibility index (Phi) is 4.01. The zero-order valence-corrected chi connectivity index (χ0v) is 8.97. The topological polar surface area (TPSA) is 50.2 Å². The van der Waals surface area contributed by atoms with Gasteiger partial charge in [-0.2, -0.15) is 0 Å². The predicted octanol–water partition coefficient (Wildman–Crippen LogP) is 1.27. The molecule has 0 aliphatic carbocycles. The van der Waals surface area contributed by atoms with Gasteiger partial charge >= 0.3 is 5.97 Å². The van der Waals surface area contributed by atoms with Gasteiger partial charge in [-0.05, 0) is 5.75 Å². The summed E-state index contributed by atoms with van der Waals surface area (Å²) < 4.78 is 0. The maximum absolute atomic E-state index is 10.8. The molecular weight excluding hydrogens is 197 g/mol. The lowest BCUT2D eigenvalue weighted by Gasteiger charge is -2.04. The molecule has 0 aliphatic heterocycles. The first-order valence-electron chi connectivity index (χ1n) is 4.34. The number of thioether (sulfide) groups is 1. The van der Waals surface area contributed by atoms with E-state index >= 15 is 0 Å². The maximum atomic E-state index is 10.8. The van der Waals surface area contributed by atoms with Gasteiger partial charge in [0.1, 0.15) is 7.28 Å². The number of pyridine rings is 1. The van der Waals surface area contributed by atoms with Crippen molar-refractivity contribution in [1.29, 1.82) is 0 Å². The molecule has 0 aromatic carbocycles. The van der Waals surface area contributed by atoms with Gasteiger partial charge < -0.3 is 5.11 Å². The summed E-state index contributed by atoms with van der Waals surface area (Å²) in [7, 11) is 1.90. The average Bonchev–Trinajstić information content (AvgIpc) is 2.17. The zero-order chi connectivity index (χ0) is 10.6. The summed E-state index contributed by atoms with van der Waals surface area (Å²) >= 11 is 1.50. The smallest absolute Gasteiger partial charge is 0.355 e. The molecule has 0 bridgehead atoms. The first-order valence-corrected chi connectivity index (χ1v) is 5.33. The van der Waals surface area contributed by atoms with Crippen molar-refractivity contribution in [3.05, 3.63) is 18.0 Å². The lowest BCUT2D eigenvalue weighted by atomic mass is 9.74. The molecular formula is C9H11BNO2S. The Hall–Kier alpha value is -0.965. The van der Waals surface area contributed by atoms with Crippen molar-refractivity contribution in [3.63, 3.8) is 0 Å². The van der Waals surface area contributed by atoms with E-state index in [9.17, 15) is 4.79 Å². The van der Waals surface area contributed by atoms with E-state index in [-0.39, 0.29) is 5.69 Å². The van der Waals surface area contributed by atoms with E-state index in [1.54, 1.807) is 6.20 Å². The van der Waals surface area contributed by atoms with Crippen molar-refractivity contribution in [2.75, 3.05) is 5.75 Å². The average molecular weight is 208 g/mol. The molecule has 5 heteroatoms. The molecule has 0 fully saturated rings. The van der Waals surface area contributed by atoms with Crippen molar-refractivity contribution < 1.29 is 9.90 Å². The molecule has 0 atom stereocenters. The predicted molar refractivity (Wildman–Crippen MR) is 58.8 cm³/mol. The van der Waals surface area contributed by atoms with Crippen molar-refractivity contribution in [3.8, 4) is 0 Å². The van der Waals surface area contributed by atoms with Gasteiger partial charge in [-0.1, -0.05) is 25.3 Å². The van der Waals surface area contributed by atoms with Gasteiger partial charge in [0.15, 0.2) is 5.69 Å². The molecule has 0 amide bonds. The Labute approximate surface area is 88.2 Å². The number of hydrogen-bond acceptors (Lipinski definition) is 3. The fourth-order valence-electron chi connectivity index (χ4n) is 1.04. The number of aromatic nitrogens is 1. The summed E-state index contributed by atoms with van der Waals surface area (Å²) in [4.78, 5) is 15.5. The van der Waals surface area contributed by atoms with Crippen LogP contribution < -0.4 is 5.46 Å². The molecule has 1 rings (SSSR count). The third kappa shape index (κ3) is 2.51. The third-order valence-electron chi connectivity index (χ3n) is 1.71. The standard InChI is InChI=1S/C9H11BNO2S/c1-3-14-7-4-6(10-2)5-11-8(7)9(12)13/h4-5H,3H2,1-2H3,(H,12,13). The number of carbonyl (C=O) groups is 1. The Bertz CT molecular complexity index is 344. The number of nitrogens with zero attached hydrogens (tertiary/aromatic N) is 1. The summed E-state index contributed by atoms with van der Waals surface area (Å²) in [6.45, 7) is 3.89. The van der Waals surface area contributed by atoms with Crippen LogP contribution in [0, 0.1) is 0 Å². The summed E-state index contributed by atoms with van der Waals surface area (Å²) in [5.74, 6) is -0.126. The van der Waals surface area contributed by atoms with E-state index in [0.717, 1.165) is 16.1 Å². The van der Waals surface area contributed by atoms with Crippen molar-refractivity contribution in [1.82, 2.24) is 4.98 Å². The van der Waals surface area contributed by atoms with Crippen molar-refractivity contribution >= 4 is 30.5 Å². The third-order valence-corrected chi connectivity index (χ3v) is 2.62. The molecule has 14 heavy (non-hydrogen) atoms. The van der Waals surface area contributed by atoms with Gasteiger partial charge in [0.25, 0.3) is 0 Å². The van der Waals surface area contributed by atoms with Crippen molar-refractivity contribution in [2.45, 2.75) is 18.6 Å². The summed E-state index contributed by atoms with van der Waals surface area (Å²) in [5.41, 5.74) is 1.09. The fourth-order valence-corrected chi connectivity index (χ4v) is 1.85. The molecule has 0 saturated heterocycles. The number of carboxylic acid groups (broad SMARTS) is 1. The van der Waals surface area contributed by atoms with Crippen LogP contribution in [0.2, 0.25) is 6.82 Å². The molecule has 1 radical (unpaired) electrons. The van der Waals surface area contributed by atoms with E-state index in [0.29, 0.717) is 0 Å². The lowest BCUT2D eigenvalue weighted by molar-refractivity contribution is 0.0686. The highest BCUT2D eigenvalue weighted by molar-refractivity contribution is 7.99. The minimum Gasteiger partial charge on any atom is -0.476 e. The monoisotopic (exact) mass is 208 g/mol. The van der Waals surface area contributed by atoms with Crippen LogP contribution in [-0.4, -0.2) is 29.1 Å². The largest absolute Gasteiger partial charge is 0.476 e. The minimum atomic E-state index is -0.969. The Morgan fingerprint density at radius 3 is 2.93 bits per heavy atom. The molecule has 0 unspecified atom stereocenters. The van der Waals surface area contributed by atoms with E-state index < -0.39 is 5.97 Å².